The van der Waals surface area contributed by atoms with Crippen LogP contribution >= 0.6 is 0 Å². The number of carbonyl (C=O) groups is 1. The Morgan fingerprint density at radius 3 is 2.76 bits per heavy atom. The molecule has 4 rings (SSSR count). The summed E-state index contributed by atoms with van der Waals surface area (Å²) in [6.07, 6.45) is 5.05. The van der Waals surface area contributed by atoms with E-state index in [0.717, 1.165) is 55.7 Å². The van der Waals surface area contributed by atoms with Crippen LogP contribution in [0, 0.1) is 12.8 Å². The summed E-state index contributed by atoms with van der Waals surface area (Å²) in [5.41, 5.74) is 2.62. The molecule has 1 saturated heterocycles. The van der Waals surface area contributed by atoms with Gasteiger partial charge in [0, 0.05) is 25.0 Å². The monoisotopic (exact) mass is 393 g/mol. The second kappa shape index (κ2) is 8.59. The number of fused-ring (bicyclic) bond motifs is 1. The van der Waals surface area contributed by atoms with Crippen LogP contribution in [0.2, 0.25) is 0 Å². The molecule has 1 atom stereocenters. The number of anilines is 1. The van der Waals surface area contributed by atoms with Crippen molar-refractivity contribution in [1.29, 1.82) is 0 Å². The summed E-state index contributed by atoms with van der Waals surface area (Å²) >= 11 is 0. The molecule has 0 saturated carbocycles. The van der Waals surface area contributed by atoms with Crippen molar-refractivity contribution in [3.63, 3.8) is 0 Å². The Balaban J connectivity index is 1.30. The second-order valence-electron chi connectivity index (χ2n) is 7.84. The molecule has 29 heavy (non-hydrogen) atoms. The summed E-state index contributed by atoms with van der Waals surface area (Å²) in [7, 11) is 0. The van der Waals surface area contributed by atoms with E-state index in [-0.39, 0.29) is 17.9 Å². The van der Waals surface area contributed by atoms with Gasteiger partial charge in [0.2, 0.25) is 5.91 Å². The quantitative estimate of drug-likeness (QED) is 0.692. The molecule has 1 unspecified atom stereocenters. The number of benzene rings is 1. The Hall–Kier alpha value is -2.96. The van der Waals surface area contributed by atoms with E-state index in [0.29, 0.717) is 5.71 Å². The van der Waals surface area contributed by atoms with E-state index in [1.165, 1.54) is 11.9 Å². The number of hydrogen-bond acceptors (Lipinski definition) is 6. The molecule has 1 aliphatic rings. The highest BCUT2D eigenvalue weighted by molar-refractivity contribution is 5.88. The molecule has 1 aromatic carbocycles. The van der Waals surface area contributed by atoms with Crippen LogP contribution in [0.25, 0.3) is 11.1 Å². The van der Waals surface area contributed by atoms with Crippen LogP contribution in [-0.2, 0) is 11.2 Å². The van der Waals surface area contributed by atoms with Gasteiger partial charge in [-0.1, -0.05) is 35.5 Å². The van der Waals surface area contributed by atoms with Gasteiger partial charge in [0.25, 0.3) is 5.71 Å². The number of piperidine rings is 1. The van der Waals surface area contributed by atoms with Crippen molar-refractivity contribution >= 4 is 22.8 Å². The number of amides is 1. The molecule has 7 nitrogen and oxygen atoms in total. The van der Waals surface area contributed by atoms with Crippen LogP contribution in [0.5, 0.6) is 0 Å². The van der Waals surface area contributed by atoms with Crippen LogP contribution in [0.15, 0.2) is 41.2 Å². The molecule has 0 bridgehead atoms. The van der Waals surface area contributed by atoms with Crippen LogP contribution in [0.1, 0.15) is 37.4 Å². The summed E-state index contributed by atoms with van der Waals surface area (Å²) in [4.78, 5) is 23.5. The Labute approximate surface area is 170 Å². The Bertz CT molecular complexity index is 964. The zero-order valence-corrected chi connectivity index (χ0v) is 17.0. The molecule has 0 spiro atoms. The maximum Gasteiger partial charge on any atom is 0.263 e. The van der Waals surface area contributed by atoms with Gasteiger partial charge in [-0.05, 0) is 45.1 Å². The Morgan fingerprint density at radius 2 is 2.00 bits per heavy atom. The smallest absolute Gasteiger partial charge is 0.263 e. The summed E-state index contributed by atoms with van der Waals surface area (Å²) < 4.78 is 5.25. The summed E-state index contributed by atoms with van der Waals surface area (Å²) in [5.74, 6) is 1.06. The van der Waals surface area contributed by atoms with E-state index in [1.54, 1.807) is 0 Å². The fourth-order valence-electron chi connectivity index (χ4n) is 3.96. The summed E-state index contributed by atoms with van der Waals surface area (Å²) in [6, 6.07) is 10.6. The zero-order valence-electron chi connectivity index (χ0n) is 17.0. The predicted molar refractivity (Wildman–Crippen MR) is 112 cm³/mol. The van der Waals surface area contributed by atoms with E-state index in [4.69, 9.17) is 4.52 Å². The molecule has 3 heterocycles. The van der Waals surface area contributed by atoms with Crippen molar-refractivity contribution in [2.75, 3.05) is 18.0 Å². The van der Waals surface area contributed by atoms with Gasteiger partial charge < -0.3 is 14.7 Å². The van der Waals surface area contributed by atoms with Crippen LogP contribution in [-0.4, -0.2) is 40.2 Å². The number of nitrogens with one attached hydrogen (secondary N) is 1. The Kier molecular flexibility index (Phi) is 5.74. The van der Waals surface area contributed by atoms with E-state index < -0.39 is 0 Å². The lowest BCUT2D eigenvalue weighted by molar-refractivity contribution is -0.126. The second-order valence-corrected chi connectivity index (χ2v) is 7.84. The van der Waals surface area contributed by atoms with Crippen molar-refractivity contribution in [1.82, 2.24) is 20.4 Å². The first kappa shape index (κ1) is 19.4. The van der Waals surface area contributed by atoms with Gasteiger partial charge in [0.15, 0.2) is 0 Å². The van der Waals surface area contributed by atoms with Gasteiger partial charge in [-0.3, -0.25) is 4.79 Å². The van der Waals surface area contributed by atoms with Crippen molar-refractivity contribution in [2.24, 2.45) is 5.92 Å². The molecule has 0 aliphatic carbocycles. The normalized spacial score (nSPS) is 16.1. The first-order chi connectivity index (χ1) is 14.1. The summed E-state index contributed by atoms with van der Waals surface area (Å²) in [6.45, 7) is 5.55. The number of nitrogens with zero attached hydrogens (tertiary/aromatic N) is 4. The van der Waals surface area contributed by atoms with E-state index in [1.807, 2.05) is 13.0 Å². The molecule has 1 amide bonds. The van der Waals surface area contributed by atoms with Gasteiger partial charge in [-0.25, -0.2) is 4.98 Å². The molecule has 0 radical (unpaired) electrons. The fraction of sp³-hybridized carbons (Fsp3) is 0.455. The lowest BCUT2D eigenvalue weighted by Gasteiger charge is -2.32. The van der Waals surface area contributed by atoms with Gasteiger partial charge in [0.1, 0.15) is 17.5 Å². The highest BCUT2D eigenvalue weighted by atomic mass is 16.5. The average Bonchev–Trinajstić information content (AvgIpc) is 3.14. The zero-order chi connectivity index (χ0) is 20.2. The highest BCUT2D eigenvalue weighted by Crippen LogP contribution is 2.29. The van der Waals surface area contributed by atoms with Crippen LogP contribution < -0.4 is 10.2 Å². The fourth-order valence-corrected chi connectivity index (χ4v) is 3.96. The van der Waals surface area contributed by atoms with Gasteiger partial charge in [-0.2, -0.15) is 4.98 Å². The highest BCUT2D eigenvalue weighted by Gasteiger charge is 2.28. The van der Waals surface area contributed by atoms with Crippen molar-refractivity contribution in [3.05, 3.63) is 47.9 Å². The molecule has 7 heteroatoms. The maximum absolute atomic E-state index is 12.7. The number of aromatic nitrogens is 3. The molecule has 152 valence electrons. The van der Waals surface area contributed by atoms with E-state index >= 15 is 0 Å². The first-order valence-electron chi connectivity index (χ1n) is 10.3. The minimum atomic E-state index is 0.0475. The summed E-state index contributed by atoms with van der Waals surface area (Å²) in [5, 5.41) is 8.06. The standard InChI is InChI=1S/C22H27N5O2/c1-15(8-9-17-6-4-3-5-7-17)25-21(28)18-10-12-27(13-11-18)20-19-16(2)26-29-22(19)24-14-23-20/h3-7,14-15,18H,8-13H2,1-2H3,(H,25,28). The SMILES string of the molecule is Cc1noc2ncnc(N3CCC(C(=O)NC(C)CCc4ccccc4)CC3)c12. The molecule has 1 N–H and O–H groups in total. The average molecular weight is 393 g/mol. The van der Waals surface area contributed by atoms with Crippen molar-refractivity contribution < 1.29 is 9.32 Å². The molecular weight excluding hydrogens is 366 g/mol. The van der Waals surface area contributed by atoms with Crippen molar-refractivity contribution in [2.45, 2.75) is 45.6 Å². The third-order valence-corrected chi connectivity index (χ3v) is 5.69. The third-order valence-electron chi connectivity index (χ3n) is 5.69. The largest absolute Gasteiger partial charge is 0.356 e. The van der Waals surface area contributed by atoms with E-state index in [2.05, 4.69) is 56.5 Å². The van der Waals surface area contributed by atoms with Crippen molar-refractivity contribution in [3.8, 4) is 0 Å². The number of aryl methyl sites for hydroxylation is 2. The minimum absolute atomic E-state index is 0.0475. The molecule has 3 aromatic rings. The van der Waals surface area contributed by atoms with Gasteiger partial charge in [-0.15, -0.1) is 0 Å². The van der Waals surface area contributed by atoms with Crippen LogP contribution in [0.4, 0.5) is 5.82 Å². The predicted octanol–water partition coefficient (Wildman–Crippen LogP) is 3.28. The Morgan fingerprint density at radius 1 is 1.24 bits per heavy atom. The van der Waals surface area contributed by atoms with Gasteiger partial charge in [0.05, 0.1) is 5.69 Å². The molecule has 2 aromatic heterocycles. The molecule has 1 fully saturated rings. The number of rotatable bonds is 6. The first-order valence-corrected chi connectivity index (χ1v) is 10.3. The molecule has 1 aliphatic heterocycles. The lowest BCUT2D eigenvalue weighted by atomic mass is 9.95. The minimum Gasteiger partial charge on any atom is -0.356 e. The lowest BCUT2D eigenvalue weighted by Crippen LogP contribution is -2.43. The van der Waals surface area contributed by atoms with Crippen LogP contribution in [0.3, 0.4) is 0 Å². The maximum atomic E-state index is 12.7. The number of hydrogen-bond donors (Lipinski definition) is 1. The number of carbonyl (C=O) groups excluding carboxylic acids is 1. The van der Waals surface area contributed by atoms with E-state index in [9.17, 15) is 4.79 Å². The topological polar surface area (TPSA) is 84.2 Å². The third kappa shape index (κ3) is 4.39. The molecular formula is C22H27N5O2. The van der Waals surface area contributed by atoms with Gasteiger partial charge >= 0.3 is 0 Å².